The molecule has 0 saturated carbocycles. The van der Waals surface area contributed by atoms with Crippen molar-refractivity contribution >= 4 is 11.8 Å². The van der Waals surface area contributed by atoms with E-state index in [0.29, 0.717) is 0 Å². The molecule has 0 radical (unpaired) electrons. The summed E-state index contributed by atoms with van der Waals surface area (Å²) in [6.07, 6.45) is 2.76. The molecule has 0 saturated heterocycles. The Bertz CT molecular complexity index is 66.9. The highest BCUT2D eigenvalue weighted by Crippen LogP contribution is 2.12. The van der Waals surface area contributed by atoms with Crippen LogP contribution in [0.1, 0.15) is 40.5 Å². The summed E-state index contributed by atoms with van der Waals surface area (Å²) in [4.78, 5) is 0. The molecule has 0 heterocycles. The van der Waals surface area contributed by atoms with Crippen molar-refractivity contribution in [2.24, 2.45) is 11.8 Å². The van der Waals surface area contributed by atoms with Crippen molar-refractivity contribution in [1.29, 1.82) is 0 Å². The Morgan fingerprint density at radius 3 is 1.45 bits per heavy atom. The van der Waals surface area contributed by atoms with E-state index in [9.17, 15) is 0 Å². The van der Waals surface area contributed by atoms with Gasteiger partial charge < -0.3 is 0 Å². The zero-order valence-corrected chi connectivity index (χ0v) is 9.21. The summed E-state index contributed by atoms with van der Waals surface area (Å²) in [5.41, 5.74) is 0. The van der Waals surface area contributed by atoms with E-state index in [0.717, 1.165) is 11.8 Å². The molecule has 0 bridgehead atoms. The molecule has 0 spiro atoms. The summed E-state index contributed by atoms with van der Waals surface area (Å²) < 4.78 is 0. The average Bonchev–Trinajstić information content (AvgIpc) is 1.85. The van der Waals surface area contributed by atoms with Crippen LogP contribution in [-0.2, 0) is 0 Å². The first-order valence-corrected chi connectivity index (χ1v) is 5.86. The van der Waals surface area contributed by atoms with Crippen LogP contribution in [0.3, 0.4) is 0 Å². The van der Waals surface area contributed by atoms with E-state index < -0.39 is 0 Å². The second-order valence-corrected chi connectivity index (χ2v) is 5.20. The molecule has 0 aliphatic rings. The Labute approximate surface area is 76.1 Å². The fourth-order valence-corrected chi connectivity index (χ4v) is 2.22. The lowest BCUT2D eigenvalue weighted by atomic mass is 10.2. The van der Waals surface area contributed by atoms with Crippen molar-refractivity contribution in [3.05, 3.63) is 0 Å². The van der Waals surface area contributed by atoms with Crippen LogP contribution in [0.4, 0.5) is 0 Å². The van der Waals surface area contributed by atoms with Gasteiger partial charge in [0.15, 0.2) is 0 Å². The van der Waals surface area contributed by atoms with Gasteiger partial charge in [0.25, 0.3) is 0 Å². The van der Waals surface area contributed by atoms with Gasteiger partial charge in [-0.05, 0) is 36.2 Å². The van der Waals surface area contributed by atoms with Gasteiger partial charge in [0.05, 0.1) is 0 Å². The highest BCUT2D eigenvalue weighted by molar-refractivity contribution is 7.99. The summed E-state index contributed by atoms with van der Waals surface area (Å²) in [6, 6.07) is 0. The van der Waals surface area contributed by atoms with Gasteiger partial charge in [0.1, 0.15) is 0 Å². The van der Waals surface area contributed by atoms with E-state index in [4.69, 9.17) is 0 Å². The van der Waals surface area contributed by atoms with Crippen LogP contribution in [0.25, 0.3) is 0 Å². The summed E-state index contributed by atoms with van der Waals surface area (Å²) in [5.74, 6) is 4.46. The molecule has 0 N–H and O–H groups in total. The zero-order chi connectivity index (χ0) is 8.69. The van der Waals surface area contributed by atoms with Crippen molar-refractivity contribution in [2.45, 2.75) is 40.5 Å². The molecule has 0 aliphatic carbocycles. The van der Waals surface area contributed by atoms with E-state index in [1.54, 1.807) is 0 Å². The topological polar surface area (TPSA) is 0 Å². The van der Waals surface area contributed by atoms with E-state index in [-0.39, 0.29) is 0 Å². The molecule has 11 heavy (non-hydrogen) atoms. The molecule has 68 valence electrons. The Balaban J connectivity index is 2.91. The Kier molecular flexibility index (Phi) is 7.25. The number of rotatable bonds is 6. The predicted molar refractivity (Wildman–Crippen MR) is 56.2 cm³/mol. The highest BCUT2D eigenvalue weighted by atomic mass is 32.2. The molecule has 0 amide bonds. The van der Waals surface area contributed by atoms with Gasteiger partial charge >= 0.3 is 0 Å². The fraction of sp³-hybridized carbons (Fsp3) is 1.00. The molecule has 1 heteroatoms. The first-order chi connectivity index (χ1) is 5.13. The van der Waals surface area contributed by atoms with Crippen LogP contribution < -0.4 is 0 Å². The third-order valence-electron chi connectivity index (χ3n) is 1.68. The summed E-state index contributed by atoms with van der Waals surface area (Å²) in [5, 5.41) is 0. The summed E-state index contributed by atoms with van der Waals surface area (Å²) in [7, 11) is 0. The minimum atomic E-state index is 0.876. The average molecular weight is 174 g/mol. The maximum Gasteiger partial charge on any atom is -0.00651 e. The molecule has 0 unspecified atom stereocenters. The lowest BCUT2D eigenvalue weighted by Gasteiger charge is -2.05. The summed E-state index contributed by atoms with van der Waals surface area (Å²) in [6.45, 7) is 9.18. The minimum Gasteiger partial charge on any atom is -0.162 e. The quantitative estimate of drug-likeness (QED) is 0.552. The van der Waals surface area contributed by atoms with Crippen LogP contribution in [0.2, 0.25) is 0 Å². The SMILES string of the molecule is CC(C)CCSCCC(C)C. The Morgan fingerprint density at radius 2 is 1.18 bits per heavy atom. The monoisotopic (exact) mass is 174 g/mol. The fourth-order valence-electron chi connectivity index (χ4n) is 0.740. The third kappa shape index (κ3) is 10.4. The van der Waals surface area contributed by atoms with Gasteiger partial charge in [0.2, 0.25) is 0 Å². The van der Waals surface area contributed by atoms with E-state index in [2.05, 4.69) is 39.5 Å². The van der Waals surface area contributed by atoms with Crippen molar-refractivity contribution in [3.63, 3.8) is 0 Å². The molecule has 0 aromatic rings. The Hall–Kier alpha value is 0.350. The van der Waals surface area contributed by atoms with Crippen LogP contribution in [0.15, 0.2) is 0 Å². The van der Waals surface area contributed by atoms with E-state index >= 15 is 0 Å². The molecule has 0 nitrogen and oxygen atoms in total. The highest BCUT2D eigenvalue weighted by Gasteiger charge is 1.96. The van der Waals surface area contributed by atoms with Crippen LogP contribution >= 0.6 is 11.8 Å². The minimum absolute atomic E-state index is 0.876. The molecule has 0 aromatic heterocycles. The molecule has 0 fully saturated rings. The van der Waals surface area contributed by atoms with Crippen molar-refractivity contribution < 1.29 is 0 Å². The second kappa shape index (κ2) is 7.02. The number of hydrogen-bond acceptors (Lipinski definition) is 1. The number of thioether (sulfide) groups is 1. The molecule has 0 rings (SSSR count). The lowest BCUT2D eigenvalue weighted by molar-refractivity contribution is 0.623. The van der Waals surface area contributed by atoms with E-state index in [1.807, 2.05) is 0 Å². The van der Waals surface area contributed by atoms with E-state index in [1.165, 1.54) is 24.3 Å². The van der Waals surface area contributed by atoms with Crippen molar-refractivity contribution in [2.75, 3.05) is 11.5 Å². The molecule has 0 aromatic carbocycles. The molecular weight excluding hydrogens is 152 g/mol. The van der Waals surface area contributed by atoms with Crippen LogP contribution in [0.5, 0.6) is 0 Å². The molecule has 0 atom stereocenters. The number of hydrogen-bond donors (Lipinski definition) is 0. The van der Waals surface area contributed by atoms with Crippen molar-refractivity contribution in [3.8, 4) is 0 Å². The predicted octanol–water partition coefficient (Wildman–Crippen LogP) is 3.81. The maximum absolute atomic E-state index is 2.29. The standard InChI is InChI=1S/C10H22S/c1-9(2)5-7-11-8-6-10(3)4/h9-10H,5-8H2,1-4H3. The smallest absolute Gasteiger partial charge is 0.00651 e. The van der Waals surface area contributed by atoms with Gasteiger partial charge in [-0.15, -0.1) is 0 Å². The van der Waals surface area contributed by atoms with Crippen LogP contribution in [-0.4, -0.2) is 11.5 Å². The van der Waals surface area contributed by atoms with Gasteiger partial charge in [-0.1, -0.05) is 27.7 Å². The third-order valence-corrected chi connectivity index (χ3v) is 2.73. The van der Waals surface area contributed by atoms with Gasteiger partial charge in [0, 0.05) is 0 Å². The normalized spacial score (nSPS) is 11.5. The lowest BCUT2D eigenvalue weighted by Crippen LogP contribution is -1.93. The van der Waals surface area contributed by atoms with Gasteiger partial charge in [-0.2, -0.15) is 11.8 Å². The Morgan fingerprint density at radius 1 is 0.818 bits per heavy atom. The van der Waals surface area contributed by atoms with Crippen molar-refractivity contribution in [1.82, 2.24) is 0 Å². The van der Waals surface area contributed by atoms with Gasteiger partial charge in [-0.3, -0.25) is 0 Å². The first kappa shape index (κ1) is 11.4. The maximum atomic E-state index is 2.29. The van der Waals surface area contributed by atoms with Gasteiger partial charge in [-0.25, -0.2) is 0 Å². The first-order valence-electron chi connectivity index (χ1n) is 4.70. The molecule has 0 aliphatic heterocycles. The second-order valence-electron chi connectivity index (χ2n) is 3.98. The largest absolute Gasteiger partial charge is 0.162 e. The summed E-state index contributed by atoms with van der Waals surface area (Å²) >= 11 is 2.11. The molecular formula is C10H22S. The zero-order valence-electron chi connectivity index (χ0n) is 8.39. The van der Waals surface area contributed by atoms with Crippen LogP contribution in [0, 0.1) is 11.8 Å².